The van der Waals surface area contributed by atoms with Gasteiger partial charge in [-0.1, -0.05) is 48.0 Å². The van der Waals surface area contributed by atoms with Crippen LogP contribution in [0, 0.1) is 0 Å². The van der Waals surface area contributed by atoms with Crippen LogP contribution in [0.3, 0.4) is 0 Å². The van der Waals surface area contributed by atoms with E-state index in [4.69, 9.17) is 21.4 Å². The number of hydrogen-bond acceptors (Lipinski definition) is 3. The minimum absolute atomic E-state index is 0.00785. The largest absolute Gasteiger partial charge is 0.481 e. The number of rotatable bonds is 7. The van der Waals surface area contributed by atoms with Crippen LogP contribution in [0.4, 0.5) is 18.0 Å². The van der Waals surface area contributed by atoms with Gasteiger partial charge < -0.3 is 15.2 Å². The zero-order chi connectivity index (χ0) is 20.7. The van der Waals surface area contributed by atoms with Crippen LogP contribution in [0.5, 0.6) is 0 Å². The van der Waals surface area contributed by atoms with Gasteiger partial charge in [0.2, 0.25) is 0 Å². The molecule has 0 radical (unpaired) electrons. The van der Waals surface area contributed by atoms with E-state index in [1.54, 1.807) is 30.3 Å². The maximum Gasteiger partial charge on any atom is 0.417 e. The second-order valence-electron chi connectivity index (χ2n) is 5.93. The van der Waals surface area contributed by atoms with Gasteiger partial charge in [0.1, 0.15) is 6.61 Å². The molecule has 0 bridgehead atoms. The number of amides is 1. The van der Waals surface area contributed by atoms with Crippen LogP contribution < -0.4 is 5.32 Å². The Hall–Kier alpha value is -2.74. The second-order valence-corrected chi connectivity index (χ2v) is 6.34. The van der Waals surface area contributed by atoms with E-state index < -0.39 is 34.9 Å². The molecule has 0 heterocycles. The van der Waals surface area contributed by atoms with Crippen LogP contribution in [-0.4, -0.2) is 17.2 Å². The third kappa shape index (κ3) is 6.45. The average molecular weight is 416 g/mol. The van der Waals surface area contributed by atoms with Gasteiger partial charge in [-0.2, -0.15) is 13.2 Å². The minimum Gasteiger partial charge on any atom is -0.481 e. The summed E-state index contributed by atoms with van der Waals surface area (Å²) >= 11 is 5.72. The Morgan fingerprint density at radius 3 is 2.39 bits per heavy atom. The monoisotopic (exact) mass is 415 g/mol. The third-order valence-corrected chi connectivity index (χ3v) is 4.17. The van der Waals surface area contributed by atoms with Crippen LogP contribution in [0.15, 0.2) is 48.5 Å². The first kappa shape index (κ1) is 21.6. The smallest absolute Gasteiger partial charge is 0.417 e. The summed E-state index contributed by atoms with van der Waals surface area (Å²) < 4.78 is 43.7. The van der Waals surface area contributed by atoms with Crippen molar-refractivity contribution in [3.8, 4) is 0 Å². The number of alkyl carbamates (subject to hydrolysis) is 1. The van der Waals surface area contributed by atoms with E-state index in [2.05, 4.69) is 5.32 Å². The van der Waals surface area contributed by atoms with Crippen LogP contribution in [0.2, 0.25) is 5.02 Å². The van der Waals surface area contributed by atoms with Gasteiger partial charge in [0, 0.05) is 6.42 Å². The summed E-state index contributed by atoms with van der Waals surface area (Å²) in [5.74, 6) is -1.11. The molecule has 0 spiro atoms. The Labute approximate surface area is 164 Å². The molecule has 2 aromatic carbocycles. The lowest BCUT2D eigenvalue weighted by molar-refractivity contribution is -0.138. The van der Waals surface area contributed by atoms with Gasteiger partial charge >= 0.3 is 18.2 Å². The van der Waals surface area contributed by atoms with Crippen molar-refractivity contribution < 1.29 is 32.6 Å². The summed E-state index contributed by atoms with van der Waals surface area (Å²) in [6.07, 6.45) is -5.79. The minimum atomic E-state index is -4.62. The van der Waals surface area contributed by atoms with E-state index in [1.807, 2.05) is 0 Å². The van der Waals surface area contributed by atoms with Gasteiger partial charge in [-0.15, -0.1) is 0 Å². The van der Waals surface area contributed by atoms with Gasteiger partial charge in [-0.05, 0) is 29.7 Å². The molecule has 0 saturated heterocycles. The molecule has 0 aliphatic heterocycles. The first-order valence-corrected chi connectivity index (χ1v) is 8.60. The Balaban J connectivity index is 2.11. The van der Waals surface area contributed by atoms with Crippen molar-refractivity contribution in [1.29, 1.82) is 0 Å². The fourth-order valence-corrected chi connectivity index (χ4v) is 2.77. The molecule has 5 nitrogen and oxygen atoms in total. The van der Waals surface area contributed by atoms with E-state index in [0.29, 0.717) is 0 Å². The quantitative estimate of drug-likeness (QED) is 0.652. The first-order valence-electron chi connectivity index (χ1n) is 8.22. The lowest BCUT2D eigenvalue weighted by Crippen LogP contribution is -2.29. The summed E-state index contributed by atoms with van der Waals surface area (Å²) in [4.78, 5) is 22.9. The highest BCUT2D eigenvalue weighted by Crippen LogP contribution is 2.36. The highest BCUT2D eigenvalue weighted by Gasteiger charge is 2.33. The molecule has 0 aliphatic carbocycles. The lowest BCUT2D eigenvalue weighted by atomic mass is 10.0. The third-order valence-electron chi connectivity index (χ3n) is 3.85. The highest BCUT2D eigenvalue weighted by atomic mass is 35.5. The molecule has 0 aromatic heterocycles. The summed E-state index contributed by atoms with van der Waals surface area (Å²) in [6.45, 7) is -0.00785. The zero-order valence-corrected chi connectivity index (χ0v) is 15.3. The number of halogens is 4. The number of carboxylic acids is 1. The van der Waals surface area contributed by atoms with Gasteiger partial charge in [-0.25, -0.2) is 4.79 Å². The molecule has 1 unspecified atom stereocenters. The van der Waals surface area contributed by atoms with Crippen LogP contribution in [-0.2, 0) is 22.3 Å². The molecule has 28 heavy (non-hydrogen) atoms. The van der Waals surface area contributed by atoms with Gasteiger partial charge in [0.25, 0.3) is 0 Å². The lowest BCUT2D eigenvalue weighted by Gasteiger charge is -2.20. The number of hydrogen-bond donors (Lipinski definition) is 2. The van der Waals surface area contributed by atoms with E-state index in [9.17, 15) is 22.8 Å². The maximum absolute atomic E-state index is 12.9. The fraction of sp³-hybridized carbons (Fsp3) is 0.263. The number of nitrogens with one attached hydrogen (secondary N) is 1. The molecule has 9 heteroatoms. The zero-order valence-electron chi connectivity index (χ0n) is 14.5. The molecular weight excluding hydrogens is 399 g/mol. The molecule has 1 atom stereocenters. The van der Waals surface area contributed by atoms with Crippen molar-refractivity contribution in [2.75, 3.05) is 0 Å². The number of ether oxygens (including phenoxy) is 1. The normalized spacial score (nSPS) is 12.3. The van der Waals surface area contributed by atoms with Crippen molar-refractivity contribution in [2.45, 2.75) is 31.7 Å². The number of aliphatic carboxylic acids is 1. The second kappa shape index (κ2) is 9.45. The molecule has 0 saturated carbocycles. The maximum atomic E-state index is 12.9. The van der Waals surface area contributed by atoms with E-state index in [0.717, 1.165) is 23.8 Å². The van der Waals surface area contributed by atoms with Gasteiger partial charge in [-0.3, -0.25) is 4.79 Å². The Kier molecular flexibility index (Phi) is 7.28. The molecule has 2 N–H and O–H groups in total. The van der Waals surface area contributed by atoms with Crippen molar-refractivity contribution >= 4 is 23.7 Å². The van der Waals surface area contributed by atoms with Crippen molar-refractivity contribution in [3.63, 3.8) is 0 Å². The van der Waals surface area contributed by atoms with Crippen LogP contribution in [0.1, 0.15) is 35.6 Å². The summed E-state index contributed by atoms with van der Waals surface area (Å²) in [5.41, 5.74) is -0.0187. The number of carboxylic acid groups (broad SMARTS) is 1. The summed E-state index contributed by atoms with van der Waals surface area (Å²) in [6, 6.07) is 11.0. The molecule has 0 aliphatic rings. The number of benzene rings is 2. The number of carbonyl (C=O) groups is 2. The number of alkyl halides is 3. The predicted molar refractivity (Wildman–Crippen MR) is 95.8 cm³/mol. The molecule has 2 aromatic rings. The topological polar surface area (TPSA) is 75.6 Å². The molecule has 0 fully saturated rings. The van der Waals surface area contributed by atoms with Gasteiger partial charge in [0.15, 0.2) is 0 Å². The van der Waals surface area contributed by atoms with Crippen molar-refractivity contribution in [2.24, 2.45) is 0 Å². The molecule has 1 amide bonds. The van der Waals surface area contributed by atoms with Crippen LogP contribution >= 0.6 is 11.6 Å². The first-order chi connectivity index (χ1) is 13.2. The van der Waals surface area contributed by atoms with Crippen LogP contribution in [0.25, 0.3) is 0 Å². The highest BCUT2D eigenvalue weighted by molar-refractivity contribution is 6.31. The Morgan fingerprint density at radius 2 is 1.82 bits per heavy atom. The SMILES string of the molecule is O=C(O)CCC(NC(=O)OCc1ccccc1)c1ccc(C(F)(F)F)c(Cl)c1. The van der Waals surface area contributed by atoms with E-state index in [-0.39, 0.29) is 25.0 Å². The van der Waals surface area contributed by atoms with Gasteiger partial charge in [0.05, 0.1) is 16.6 Å². The molecule has 150 valence electrons. The fourth-order valence-electron chi connectivity index (χ4n) is 2.48. The molecular formula is C19H17ClF3NO4. The average Bonchev–Trinajstić information content (AvgIpc) is 2.63. The number of carbonyl (C=O) groups excluding carboxylic acids is 1. The summed E-state index contributed by atoms with van der Waals surface area (Å²) in [7, 11) is 0. The predicted octanol–water partition coefficient (Wildman–Crippen LogP) is 5.19. The molecule has 2 rings (SSSR count). The van der Waals surface area contributed by atoms with Crippen molar-refractivity contribution in [1.82, 2.24) is 5.32 Å². The Bertz CT molecular complexity index is 828. The Morgan fingerprint density at radius 1 is 1.14 bits per heavy atom. The summed E-state index contributed by atoms with van der Waals surface area (Å²) in [5, 5.41) is 10.8. The van der Waals surface area contributed by atoms with Crippen molar-refractivity contribution in [3.05, 3.63) is 70.2 Å². The standard InChI is InChI=1S/C19H17ClF3NO4/c20-15-10-13(6-7-14(15)19(21,22)23)16(8-9-17(25)26)24-18(27)28-11-12-4-2-1-3-5-12/h1-7,10,16H,8-9,11H2,(H,24,27)(H,25,26). The van der Waals surface area contributed by atoms with E-state index >= 15 is 0 Å². The van der Waals surface area contributed by atoms with E-state index in [1.165, 1.54) is 0 Å².